The number of aryl methyl sites for hydroxylation is 3. The van der Waals surface area contributed by atoms with E-state index in [1.165, 1.54) is 5.56 Å². The molecule has 1 aliphatic rings. The van der Waals surface area contributed by atoms with Gasteiger partial charge in [-0.2, -0.15) is 4.98 Å². The van der Waals surface area contributed by atoms with Crippen molar-refractivity contribution in [2.45, 2.75) is 65.6 Å². The summed E-state index contributed by atoms with van der Waals surface area (Å²) in [6.45, 7) is 12.4. The molecule has 1 fully saturated rings. The molecular weight excluding hydrogens is 458 g/mol. The Kier molecular flexibility index (Phi) is 6.31. The number of fused-ring (bicyclic) bond motifs is 2. The van der Waals surface area contributed by atoms with Crippen molar-refractivity contribution in [2.24, 2.45) is 7.05 Å². The second-order valence-electron chi connectivity index (χ2n) is 9.57. The van der Waals surface area contributed by atoms with E-state index in [1.54, 1.807) is 23.0 Å². The van der Waals surface area contributed by atoms with Crippen molar-refractivity contribution in [1.82, 2.24) is 29.4 Å². The number of piperazine rings is 1. The summed E-state index contributed by atoms with van der Waals surface area (Å²) in [5, 5.41) is 0.950. The summed E-state index contributed by atoms with van der Waals surface area (Å²) in [5.41, 5.74) is 4.67. The largest absolute Gasteiger partial charge is 0.350 e. The van der Waals surface area contributed by atoms with Crippen LogP contribution in [0.5, 0.6) is 0 Å². The summed E-state index contributed by atoms with van der Waals surface area (Å²) >= 11 is 1.55. The van der Waals surface area contributed by atoms with E-state index in [0.717, 1.165) is 63.8 Å². The predicted molar refractivity (Wildman–Crippen MR) is 142 cm³/mol. The number of hydrogen-bond acceptors (Lipinski definition) is 8. The van der Waals surface area contributed by atoms with Gasteiger partial charge in [0.05, 0.1) is 21.7 Å². The van der Waals surface area contributed by atoms with Gasteiger partial charge in [0.15, 0.2) is 5.82 Å². The third-order valence-corrected chi connectivity index (χ3v) is 8.39. The molecule has 0 aliphatic carbocycles. The monoisotopic (exact) mass is 491 g/mol. The Morgan fingerprint density at radius 2 is 1.83 bits per heavy atom. The second kappa shape index (κ2) is 9.28. The number of rotatable bonds is 5. The van der Waals surface area contributed by atoms with E-state index in [1.807, 2.05) is 20.0 Å². The summed E-state index contributed by atoms with van der Waals surface area (Å²) < 4.78 is 1.62. The van der Waals surface area contributed by atoms with Gasteiger partial charge in [0.25, 0.3) is 0 Å². The van der Waals surface area contributed by atoms with Crippen LogP contribution in [0.4, 0.5) is 5.82 Å². The highest BCUT2D eigenvalue weighted by Crippen LogP contribution is 2.35. The summed E-state index contributed by atoms with van der Waals surface area (Å²) in [5.74, 6) is 0.738. The molecule has 3 atom stereocenters. The summed E-state index contributed by atoms with van der Waals surface area (Å²) in [7, 11) is 1.78. The number of aromatic nitrogens is 5. The van der Waals surface area contributed by atoms with Crippen LogP contribution in [0.25, 0.3) is 21.4 Å². The molecular formula is C26H33N7OS. The smallest absolute Gasteiger partial charge is 0.349 e. The van der Waals surface area contributed by atoms with Crippen LogP contribution < -0.4 is 10.6 Å². The van der Waals surface area contributed by atoms with E-state index < -0.39 is 0 Å². The molecule has 0 radical (unpaired) electrons. The van der Waals surface area contributed by atoms with E-state index in [-0.39, 0.29) is 17.8 Å². The van der Waals surface area contributed by atoms with Gasteiger partial charge in [-0.3, -0.25) is 14.5 Å². The second-order valence-corrected chi connectivity index (χ2v) is 10.8. The Hall–Kier alpha value is -2.91. The molecule has 0 bridgehead atoms. The van der Waals surface area contributed by atoms with Gasteiger partial charge < -0.3 is 4.90 Å². The first-order chi connectivity index (χ1) is 16.8. The highest BCUT2D eigenvalue weighted by molar-refractivity contribution is 7.18. The lowest BCUT2D eigenvalue weighted by molar-refractivity contribution is 0.101. The number of nitrogens with zero attached hydrogens (tertiary/aromatic N) is 7. The van der Waals surface area contributed by atoms with Crippen LogP contribution in [-0.2, 0) is 7.05 Å². The fourth-order valence-electron chi connectivity index (χ4n) is 5.29. The van der Waals surface area contributed by atoms with Crippen molar-refractivity contribution in [3.63, 3.8) is 0 Å². The number of thiazole rings is 1. The maximum Gasteiger partial charge on any atom is 0.350 e. The molecule has 9 heteroatoms. The van der Waals surface area contributed by atoms with Crippen molar-refractivity contribution in [3.8, 4) is 0 Å². The van der Waals surface area contributed by atoms with Crippen molar-refractivity contribution < 1.29 is 0 Å². The Morgan fingerprint density at radius 1 is 1.06 bits per heavy atom. The highest BCUT2D eigenvalue weighted by atomic mass is 32.1. The van der Waals surface area contributed by atoms with E-state index in [0.29, 0.717) is 6.04 Å². The van der Waals surface area contributed by atoms with E-state index in [2.05, 4.69) is 58.7 Å². The van der Waals surface area contributed by atoms with Crippen LogP contribution in [0.2, 0.25) is 0 Å². The first-order valence-corrected chi connectivity index (χ1v) is 13.2. The molecule has 1 aliphatic heterocycles. The Bertz CT molecular complexity index is 1450. The third kappa shape index (κ3) is 4.21. The molecule has 0 N–H and O–H groups in total. The first kappa shape index (κ1) is 23.8. The summed E-state index contributed by atoms with van der Waals surface area (Å²) in [6.07, 6.45) is 3.78. The molecule has 35 heavy (non-hydrogen) atoms. The minimum atomic E-state index is -0.220. The minimum Gasteiger partial charge on any atom is -0.349 e. The minimum absolute atomic E-state index is 0.220. The molecule has 0 spiro atoms. The molecule has 0 amide bonds. The average Bonchev–Trinajstić information content (AvgIpc) is 3.26. The quantitative estimate of drug-likeness (QED) is 0.410. The van der Waals surface area contributed by atoms with Crippen LogP contribution in [0.15, 0.2) is 29.2 Å². The van der Waals surface area contributed by atoms with E-state index in [4.69, 9.17) is 9.97 Å². The van der Waals surface area contributed by atoms with Crippen LogP contribution in [-0.4, -0.2) is 54.6 Å². The lowest BCUT2D eigenvalue weighted by Gasteiger charge is -2.49. The fourth-order valence-corrected chi connectivity index (χ4v) is 6.15. The Labute approximate surface area is 209 Å². The number of benzene rings is 1. The molecule has 3 aromatic heterocycles. The first-order valence-electron chi connectivity index (χ1n) is 12.4. The molecule has 0 saturated carbocycles. The third-order valence-electron chi connectivity index (χ3n) is 7.34. The van der Waals surface area contributed by atoms with Crippen LogP contribution >= 0.6 is 11.3 Å². The molecule has 184 valence electrons. The fraction of sp³-hybridized carbons (Fsp3) is 0.500. The van der Waals surface area contributed by atoms with Gasteiger partial charge in [-0.1, -0.05) is 19.9 Å². The zero-order valence-corrected chi connectivity index (χ0v) is 22.1. The van der Waals surface area contributed by atoms with Gasteiger partial charge in [0.1, 0.15) is 10.3 Å². The molecule has 4 heterocycles. The average molecular weight is 492 g/mol. The number of anilines is 1. The predicted octanol–water partition coefficient (Wildman–Crippen LogP) is 4.39. The summed E-state index contributed by atoms with van der Waals surface area (Å²) in [4.78, 5) is 37.1. The molecule has 5 rings (SSSR count). The lowest BCUT2D eigenvalue weighted by Crippen LogP contribution is -2.59. The van der Waals surface area contributed by atoms with Crippen LogP contribution in [0.1, 0.15) is 55.9 Å². The van der Waals surface area contributed by atoms with Crippen molar-refractivity contribution in [2.75, 3.05) is 18.0 Å². The van der Waals surface area contributed by atoms with Crippen molar-refractivity contribution in [1.29, 1.82) is 0 Å². The topological polar surface area (TPSA) is 80.0 Å². The van der Waals surface area contributed by atoms with Gasteiger partial charge >= 0.3 is 5.69 Å². The van der Waals surface area contributed by atoms with Gasteiger partial charge in [0, 0.05) is 44.5 Å². The van der Waals surface area contributed by atoms with Gasteiger partial charge in [-0.05, 0) is 51.3 Å². The summed E-state index contributed by atoms with van der Waals surface area (Å²) in [6, 6.07) is 7.25. The zero-order chi connectivity index (χ0) is 24.9. The maximum absolute atomic E-state index is 12.7. The van der Waals surface area contributed by atoms with Crippen LogP contribution in [0, 0.1) is 13.8 Å². The normalized spacial score (nSPS) is 20.1. The van der Waals surface area contributed by atoms with Gasteiger partial charge in [0.2, 0.25) is 0 Å². The molecule has 1 saturated heterocycles. The number of hydrogen-bond donors (Lipinski definition) is 0. The van der Waals surface area contributed by atoms with E-state index in [9.17, 15) is 4.79 Å². The van der Waals surface area contributed by atoms with Crippen molar-refractivity contribution >= 4 is 38.5 Å². The Morgan fingerprint density at radius 3 is 2.57 bits per heavy atom. The van der Waals surface area contributed by atoms with Gasteiger partial charge in [-0.25, -0.2) is 14.8 Å². The zero-order valence-electron chi connectivity index (χ0n) is 21.3. The lowest BCUT2D eigenvalue weighted by atomic mass is 9.97. The van der Waals surface area contributed by atoms with Crippen LogP contribution in [0.3, 0.4) is 0 Å². The maximum atomic E-state index is 12.7. The van der Waals surface area contributed by atoms with Crippen molar-refractivity contribution in [3.05, 3.63) is 51.1 Å². The highest BCUT2D eigenvalue weighted by Gasteiger charge is 2.37. The molecule has 4 aromatic rings. The molecule has 8 nitrogen and oxygen atoms in total. The molecule has 1 unspecified atom stereocenters. The SMILES string of the molecule is CC[C@H]1CN(C(C)c2ccc3ncc(C)nc3c2)[C@H](CC)CN1c1nc(=O)n(C)c2sc(C)nc12. The van der Waals surface area contributed by atoms with E-state index >= 15 is 0 Å². The molecule has 1 aromatic carbocycles. The van der Waals surface area contributed by atoms with Gasteiger partial charge in [-0.15, -0.1) is 11.3 Å². The Balaban J connectivity index is 1.50. The standard InChI is InChI=1S/C26H33N7OS/c1-7-19-14-33(24-23-25(35-17(5)29-23)31(6)26(34)30-24)20(8-2)13-32(19)16(4)18-9-10-21-22(11-18)28-15(3)12-27-21/h9-12,16,19-20H,7-8,13-14H2,1-6H3/t16?,19-,20+/m1/s1.